The second-order valence-corrected chi connectivity index (χ2v) is 7.36. The fourth-order valence-corrected chi connectivity index (χ4v) is 3.39. The fraction of sp³-hybridized carbons (Fsp3) is 0.250. The van der Waals surface area contributed by atoms with Gasteiger partial charge < -0.3 is 11.1 Å². The van der Waals surface area contributed by atoms with Crippen molar-refractivity contribution in [3.05, 3.63) is 30.1 Å². The first kappa shape index (κ1) is 14.7. The maximum absolute atomic E-state index is 12.8. The number of carbonyl (C=O) groups excluding carboxylic acids is 1. The summed E-state index contributed by atoms with van der Waals surface area (Å²) in [7, 11) is 0. The molecule has 20 heavy (non-hydrogen) atoms. The Kier molecular flexibility index (Phi) is 4.24. The Hall–Kier alpha value is -1.67. The zero-order valence-corrected chi connectivity index (χ0v) is 12.5. The molecule has 1 heterocycles. The third-order valence-corrected chi connectivity index (χ3v) is 4.41. The van der Waals surface area contributed by atoms with Gasteiger partial charge in [-0.3, -0.25) is 4.79 Å². The van der Waals surface area contributed by atoms with Gasteiger partial charge in [-0.05, 0) is 38.1 Å². The van der Waals surface area contributed by atoms with Crippen molar-refractivity contribution in [2.24, 2.45) is 0 Å². The predicted molar refractivity (Wildman–Crippen MR) is 79.3 cm³/mol. The Labute approximate surface area is 123 Å². The van der Waals surface area contributed by atoms with E-state index in [1.54, 1.807) is 13.8 Å². The molecule has 0 unspecified atom stereocenters. The quantitative estimate of drug-likeness (QED) is 0.849. The van der Waals surface area contributed by atoms with E-state index in [4.69, 9.17) is 5.73 Å². The number of thioether (sulfide) groups is 1. The lowest BCUT2D eigenvalue weighted by molar-refractivity contribution is -0.117. The lowest BCUT2D eigenvalue weighted by Crippen LogP contribution is -2.33. The van der Waals surface area contributed by atoms with Gasteiger partial charge >= 0.3 is 0 Å². The van der Waals surface area contributed by atoms with Crippen molar-refractivity contribution in [2.45, 2.75) is 22.9 Å². The van der Waals surface area contributed by atoms with E-state index in [0.29, 0.717) is 15.2 Å². The highest BCUT2D eigenvalue weighted by Gasteiger charge is 2.30. The number of hydrogen-bond donors (Lipinski definition) is 2. The Morgan fingerprint density at radius 2 is 2.00 bits per heavy atom. The largest absolute Gasteiger partial charge is 0.374 e. The van der Waals surface area contributed by atoms with Gasteiger partial charge in [0.1, 0.15) is 5.82 Å². The number of carbonyl (C=O) groups is 1. The van der Waals surface area contributed by atoms with Gasteiger partial charge in [-0.1, -0.05) is 23.1 Å². The third kappa shape index (κ3) is 3.67. The Morgan fingerprint density at radius 1 is 1.35 bits per heavy atom. The van der Waals surface area contributed by atoms with Crippen LogP contribution in [-0.4, -0.2) is 20.9 Å². The Bertz CT molecular complexity index is 612. The summed E-state index contributed by atoms with van der Waals surface area (Å²) in [5.74, 6) is -0.552. The highest BCUT2D eigenvalue weighted by atomic mass is 32.2. The highest BCUT2D eigenvalue weighted by Crippen LogP contribution is 2.35. The van der Waals surface area contributed by atoms with E-state index in [1.807, 2.05) is 0 Å². The fourth-order valence-electron chi connectivity index (χ4n) is 1.34. The average Bonchev–Trinajstić information content (AvgIpc) is 2.77. The standard InChI is InChI=1S/C12H13FN4OS2/c1-12(2,20-11-17-16-10(14)19-11)9(18)15-8-5-3-7(13)4-6-8/h3-6H,1-2H3,(H2,14,16)(H,15,18). The molecule has 0 aliphatic heterocycles. The van der Waals surface area contributed by atoms with Crippen LogP contribution in [0.1, 0.15) is 13.8 Å². The van der Waals surface area contributed by atoms with Gasteiger partial charge in [0, 0.05) is 5.69 Å². The van der Waals surface area contributed by atoms with Gasteiger partial charge in [0.25, 0.3) is 0 Å². The monoisotopic (exact) mass is 312 g/mol. The molecule has 3 N–H and O–H groups in total. The van der Waals surface area contributed by atoms with Crippen LogP contribution >= 0.6 is 23.1 Å². The molecule has 0 fully saturated rings. The molecule has 106 valence electrons. The first-order valence-corrected chi connectivity index (χ1v) is 7.35. The summed E-state index contributed by atoms with van der Waals surface area (Å²) < 4.78 is 12.7. The maximum atomic E-state index is 12.8. The van der Waals surface area contributed by atoms with E-state index < -0.39 is 4.75 Å². The van der Waals surface area contributed by atoms with E-state index in [-0.39, 0.29) is 11.7 Å². The van der Waals surface area contributed by atoms with Crippen molar-refractivity contribution < 1.29 is 9.18 Å². The number of aromatic nitrogens is 2. The molecule has 1 amide bonds. The highest BCUT2D eigenvalue weighted by molar-refractivity contribution is 8.03. The molecular formula is C12H13FN4OS2. The lowest BCUT2D eigenvalue weighted by atomic mass is 10.2. The van der Waals surface area contributed by atoms with Crippen molar-refractivity contribution in [1.82, 2.24) is 10.2 Å². The molecule has 0 saturated heterocycles. The summed E-state index contributed by atoms with van der Waals surface area (Å²) in [6, 6.07) is 5.61. The molecule has 0 saturated carbocycles. The minimum atomic E-state index is -0.750. The van der Waals surface area contributed by atoms with E-state index in [9.17, 15) is 9.18 Å². The van der Waals surface area contributed by atoms with E-state index in [0.717, 1.165) is 0 Å². The SMILES string of the molecule is CC(C)(Sc1nnc(N)s1)C(=O)Nc1ccc(F)cc1. The number of benzene rings is 1. The minimum absolute atomic E-state index is 0.206. The predicted octanol–water partition coefficient (Wildman–Crippen LogP) is 2.77. The summed E-state index contributed by atoms with van der Waals surface area (Å²) in [4.78, 5) is 12.2. The zero-order valence-electron chi connectivity index (χ0n) is 10.9. The van der Waals surface area contributed by atoms with Crippen LogP contribution in [0.15, 0.2) is 28.6 Å². The molecule has 5 nitrogen and oxygen atoms in total. The van der Waals surface area contributed by atoms with Crippen molar-refractivity contribution >= 4 is 39.8 Å². The number of halogens is 1. The number of nitrogen functional groups attached to an aromatic ring is 1. The van der Waals surface area contributed by atoms with Gasteiger partial charge in [0.05, 0.1) is 4.75 Å². The number of hydrogen-bond acceptors (Lipinski definition) is 6. The molecule has 2 aromatic rings. The van der Waals surface area contributed by atoms with Gasteiger partial charge in [-0.15, -0.1) is 10.2 Å². The molecule has 8 heteroatoms. The van der Waals surface area contributed by atoms with Gasteiger partial charge in [0.15, 0.2) is 4.34 Å². The molecule has 2 rings (SSSR count). The van der Waals surface area contributed by atoms with Gasteiger partial charge in [0.2, 0.25) is 11.0 Å². The van der Waals surface area contributed by atoms with E-state index in [2.05, 4.69) is 15.5 Å². The number of anilines is 2. The average molecular weight is 312 g/mol. The van der Waals surface area contributed by atoms with Crippen LogP contribution < -0.4 is 11.1 Å². The topological polar surface area (TPSA) is 80.9 Å². The van der Waals surface area contributed by atoms with E-state index >= 15 is 0 Å². The van der Waals surface area contributed by atoms with Crippen LogP contribution in [0.3, 0.4) is 0 Å². The van der Waals surface area contributed by atoms with Crippen molar-refractivity contribution in [1.29, 1.82) is 0 Å². The number of amides is 1. The number of nitrogens with one attached hydrogen (secondary N) is 1. The van der Waals surface area contributed by atoms with Crippen LogP contribution in [0.25, 0.3) is 0 Å². The molecule has 0 radical (unpaired) electrons. The second kappa shape index (κ2) is 5.76. The summed E-state index contributed by atoms with van der Waals surface area (Å²) >= 11 is 2.51. The Morgan fingerprint density at radius 3 is 2.55 bits per heavy atom. The first-order valence-electron chi connectivity index (χ1n) is 5.72. The molecular weight excluding hydrogens is 299 g/mol. The van der Waals surface area contributed by atoms with Crippen molar-refractivity contribution in [2.75, 3.05) is 11.1 Å². The first-order chi connectivity index (χ1) is 9.37. The number of rotatable bonds is 4. The summed E-state index contributed by atoms with van der Waals surface area (Å²) in [6.07, 6.45) is 0. The number of nitrogens with two attached hydrogens (primary N) is 1. The van der Waals surface area contributed by atoms with Crippen molar-refractivity contribution in [3.63, 3.8) is 0 Å². The van der Waals surface area contributed by atoms with Crippen LogP contribution in [0, 0.1) is 5.82 Å². The molecule has 0 spiro atoms. The van der Waals surface area contributed by atoms with Crippen LogP contribution in [0.5, 0.6) is 0 Å². The van der Waals surface area contributed by atoms with Crippen LogP contribution in [-0.2, 0) is 4.79 Å². The van der Waals surface area contributed by atoms with Crippen molar-refractivity contribution in [3.8, 4) is 0 Å². The maximum Gasteiger partial charge on any atom is 0.240 e. The second-order valence-electron chi connectivity index (χ2n) is 4.48. The lowest BCUT2D eigenvalue weighted by Gasteiger charge is -2.21. The minimum Gasteiger partial charge on any atom is -0.374 e. The number of nitrogens with zero attached hydrogens (tertiary/aromatic N) is 2. The summed E-state index contributed by atoms with van der Waals surface area (Å²) in [5.41, 5.74) is 6.05. The molecule has 0 aliphatic carbocycles. The summed E-state index contributed by atoms with van der Waals surface area (Å²) in [5, 5.41) is 10.7. The Balaban J connectivity index is 2.04. The molecule has 0 bridgehead atoms. The molecule has 0 aliphatic rings. The summed E-state index contributed by atoms with van der Waals surface area (Å²) in [6.45, 7) is 3.54. The molecule has 1 aromatic heterocycles. The van der Waals surface area contributed by atoms with Gasteiger partial charge in [-0.25, -0.2) is 4.39 Å². The molecule has 0 atom stereocenters. The molecule has 1 aromatic carbocycles. The van der Waals surface area contributed by atoms with E-state index in [1.165, 1.54) is 47.4 Å². The normalized spacial score (nSPS) is 11.3. The smallest absolute Gasteiger partial charge is 0.240 e. The van der Waals surface area contributed by atoms with Crippen LogP contribution in [0.4, 0.5) is 15.2 Å². The van der Waals surface area contributed by atoms with Crippen LogP contribution in [0.2, 0.25) is 0 Å². The third-order valence-electron chi connectivity index (χ3n) is 2.41. The van der Waals surface area contributed by atoms with Gasteiger partial charge in [-0.2, -0.15) is 0 Å². The zero-order chi connectivity index (χ0) is 14.8.